The molecule has 2 aliphatic rings. The highest BCUT2D eigenvalue weighted by Crippen LogP contribution is 2.39. The van der Waals surface area contributed by atoms with Gasteiger partial charge < -0.3 is 0 Å². The van der Waals surface area contributed by atoms with E-state index < -0.39 is 17.9 Å². The van der Waals surface area contributed by atoms with E-state index in [1.807, 2.05) is 0 Å². The second-order valence-electron chi connectivity index (χ2n) is 7.38. The summed E-state index contributed by atoms with van der Waals surface area (Å²) in [6, 6.07) is 0. The highest BCUT2D eigenvalue weighted by atomic mass is 19.4. The van der Waals surface area contributed by atoms with Crippen molar-refractivity contribution in [2.24, 2.45) is 23.7 Å². The summed E-state index contributed by atoms with van der Waals surface area (Å²) in [5.74, 6) is 0.563. The van der Waals surface area contributed by atoms with Crippen LogP contribution in [0.4, 0.5) is 17.6 Å². The molecular weight excluding hydrogens is 304 g/mol. The number of halogens is 4. The average Bonchev–Trinajstić information content (AvgIpc) is 2.52. The molecule has 0 amide bonds. The molecule has 0 nitrogen and oxygen atoms in total. The first-order valence-corrected chi connectivity index (χ1v) is 8.95. The van der Waals surface area contributed by atoms with E-state index in [9.17, 15) is 17.6 Å². The Morgan fingerprint density at radius 1 is 0.870 bits per heavy atom. The summed E-state index contributed by atoms with van der Waals surface area (Å²) in [4.78, 5) is 0. The zero-order valence-electron chi connectivity index (χ0n) is 13.8. The van der Waals surface area contributed by atoms with Crippen molar-refractivity contribution in [3.63, 3.8) is 0 Å². The number of hydrogen-bond donors (Lipinski definition) is 0. The van der Waals surface area contributed by atoms with E-state index in [-0.39, 0.29) is 6.08 Å². The van der Waals surface area contributed by atoms with Crippen LogP contribution in [-0.4, -0.2) is 6.18 Å². The number of allylic oxidation sites excluding steroid dienone is 3. The van der Waals surface area contributed by atoms with Gasteiger partial charge in [-0.15, -0.1) is 6.58 Å². The number of hydrogen-bond acceptors (Lipinski definition) is 0. The van der Waals surface area contributed by atoms with Gasteiger partial charge in [-0.1, -0.05) is 18.9 Å². The van der Waals surface area contributed by atoms with Crippen LogP contribution in [0.25, 0.3) is 0 Å². The van der Waals surface area contributed by atoms with Gasteiger partial charge in [0.05, 0.1) is 6.08 Å². The molecular formula is C19H28F4. The minimum atomic E-state index is -4.54. The van der Waals surface area contributed by atoms with Crippen molar-refractivity contribution in [3.8, 4) is 0 Å². The van der Waals surface area contributed by atoms with Crippen LogP contribution in [0.2, 0.25) is 0 Å². The van der Waals surface area contributed by atoms with Crippen molar-refractivity contribution >= 4 is 0 Å². The average molecular weight is 332 g/mol. The van der Waals surface area contributed by atoms with E-state index in [2.05, 4.69) is 12.7 Å². The summed E-state index contributed by atoms with van der Waals surface area (Å²) in [6.45, 7) is 3.87. The SMILES string of the molecule is C=CC1CCC(CCC2CCC(/C(F)=C/C(F)(F)F)CC2)CC1. The van der Waals surface area contributed by atoms with Gasteiger partial charge in [-0.2, -0.15) is 13.2 Å². The standard InChI is InChI=1S/C19H28F4/c1-2-14-3-5-15(6-4-14)7-8-16-9-11-17(12-10-16)18(20)13-19(21,22)23/h2,13-17H,1,3-12H2/b18-13-. The van der Waals surface area contributed by atoms with Crippen LogP contribution in [-0.2, 0) is 0 Å². The molecule has 0 unspecified atom stereocenters. The highest BCUT2D eigenvalue weighted by molar-refractivity contribution is 5.03. The molecule has 0 aromatic rings. The molecule has 0 spiro atoms. The van der Waals surface area contributed by atoms with Gasteiger partial charge in [-0.25, -0.2) is 4.39 Å². The Bertz CT molecular complexity index is 394. The Morgan fingerprint density at radius 2 is 1.35 bits per heavy atom. The maximum absolute atomic E-state index is 13.6. The first-order valence-electron chi connectivity index (χ1n) is 8.95. The molecule has 23 heavy (non-hydrogen) atoms. The summed E-state index contributed by atoms with van der Waals surface area (Å²) >= 11 is 0. The third kappa shape index (κ3) is 6.31. The first-order chi connectivity index (χ1) is 10.9. The molecule has 132 valence electrons. The third-order valence-electron chi connectivity index (χ3n) is 5.75. The van der Waals surface area contributed by atoms with Crippen molar-refractivity contribution in [1.29, 1.82) is 0 Å². The lowest BCUT2D eigenvalue weighted by atomic mass is 9.75. The minimum Gasteiger partial charge on any atom is -0.212 e. The van der Waals surface area contributed by atoms with E-state index in [0.29, 0.717) is 24.7 Å². The van der Waals surface area contributed by atoms with Gasteiger partial charge in [0, 0.05) is 5.92 Å². The lowest BCUT2D eigenvalue weighted by Crippen LogP contribution is -2.18. The van der Waals surface area contributed by atoms with Gasteiger partial charge in [0.25, 0.3) is 0 Å². The molecule has 0 aromatic carbocycles. The fourth-order valence-electron chi connectivity index (χ4n) is 4.19. The predicted octanol–water partition coefficient (Wildman–Crippen LogP) is 6.98. The Hall–Kier alpha value is -0.800. The van der Waals surface area contributed by atoms with Gasteiger partial charge in [-0.05, 0) is 69.1 Å². The van der Waals surface area contributed by atoms with Gasteiger partial charge in [0.2, 0.25) is 0 Å². The summed E-state index contributed by atoms with van der Waals surface area (Å²) in [5, 5.41) is 0. The molecule has 0 atom stereocenters. The van der Waals surface area contributed by atoms with E-state index in [1.54, 1.807) is 0 Å². The lowest BCUT2D eigenvalue weighted by Gasteiger charge is -2.31. The minimum absolute atomic E-state index is 0.157. The van der Waals surface area contributed by atoms with Gasteiger partial charge in [0.1, 0.15) is 5.83 Å². The monoisotopic (exact) mass is 332 g/mol. The zero-order chi connectivity index (χ0) is 16.9. The lowest BCUT2D eigenvalue weighted by molar-refractivity contribution is -0.0821. The summed E-state index contributed by atoms with van der Waals surface area (Å²) < 4.78 is 50.2. The van der Waals surface area contributed by atoms with Crippen LogP contribution in [0.5, 0.6) is 0 Å². The quantitative estimate of drug-likeness (QED) is 0.376. The van der Waals surface area contributed by atoms with Crippen molar-refractivity contribution in [2.45, 2.75) is 70.4 Å². The van der Waals surface area contributed by atoms with Crippen LogP contribution >= 0.6 is 0 Å². The second kappa shape index (κ2) is 8.34. The Balaban J connectivity index is 1.67. The van der Waals surface area contributed by atoms with Crippen LogP contribution in [0, 0.1) is 23.7 Å². The topological polar surface area (TPSA) is 0 Å². The second-order valence-corrected chi connectivity index (χ2v) is 7.38. The molecule has 2 aliphatic carbocycles. The van der Waals surface area contributed by atoms with Crippen molar-refractivity contribution < 1.29 is 17.6 Å². The molecule has 2 rings (SSSR count). The summed E-state index contributed by atoms with van der Waals surface area (Å²) in [6.07, 6.45) is 7.64. The smallest absolute Gasteiger partial charge is 0.212 e. The maximum atomic E-state index is 13.6. The summed E-state index contributed by atoms with van der Waals surface area (Å²) in [5.41, 5.74) is 0. The molecule has 0 heterocycles. The molecule has 0 saturated heterocycles. The molecule has 0 bridgehead atoms. The zero-order valence-corrected chi connectivity index (χ0v) is 13.8. The maximum Gasteiger partial charge on any atom is 0.412 e. The van der Waals surface area contributed by atoms with E-state index in [1.165, 1.54) is 32.1 Å². The van der Waals surface area contributed by atoms with Crippen LogP contribution < -0.4 is 0 Å². The largest absolute Gasteiger partial charge is 0.412 e. The molecule has 2 fully saturated rings. The fourth-order valence-corrected chi connectivity index (χ4v) is 4.19. The predicted molar refractivity (Wildman–Crippen MR) is 85.6 cm³/mol. The summed E-state index contributed by atoms with van der Waals surface area (Å²) in [7, 11) is 0. The van der Waals surface area contributed by atoms with Crippen LogP contribution in [0.3, 0.4) is 0 Å². The normalized spacial score (nSPS) is 33.5. The third-order valence-corrected chi connectivity index (χ3v) is 5.75. The van der Waals surface area contributed by atoms with Gasteiger partial charge in [0.15, 0.2) is 0 Å². The number of rotatable bonds is 5. The van der Waals surface area contributed by atoms with E-state index in [4.69, 9.17) is 0 Å². The Labute approximate surface area is 137 Å². The van der Waals surface area contributed by atoms with Crippen LogP contribution in [0.15, 0.2) is 24.6 Å². The molecule has 4 heteroatoms. The first kappa shape index (κ1) is 18.5. The Morgan fingerprint density at radius 3 is 1.78 bits per heavy atom. The molecule has 0 N–H and O–H groups in total. The highest BCUT2D eigenvalue weighted by Gasteiger charge is 2.30. The molecule has 0 aromatic heterocycles. The molecule has 2 saturated carbocycles. The van der Waals surface area contributed by atoms with Crippen LogP contribution in [0.1, 0.15) is 64.2 Å². The van der Waals surface area contributed by atoms with Gasteiger partial charge in [-0.3, -0.25) is 0 Å². The molecule has 0 aliphatic heterocycles. The Kier molecular flexibility index (Phi) is 6.72. The van der Waals surface area contributed by atoms with Crippen molar-refractivity contribution in [3.05, 3.63) is 24.6 Å². The van der Waals surface area contributed by atoms with E-state index in [0.717, 1.165) is 25.2 Å². The van der Waals surface area contributed by atoms with Crippen molar-refractivity contribution in [2.75, 3.05) is 0 Å². The molecule has 0 radical (unpaired) electrons. The van der Waals surface area contributed by atoms with E-state index >= 15 is 0 Å². The van der Waals surface area contributed by atoms with Crippen molar-refractivity contribution in [1.82, 2.24) is 0 Å². The fraction of sp³-hybridized carbons (Fsp3) is 0.789. The van der Waals surface area contributed by atoms with Gasteiger partial charge >= 0.3 is 6.18 Å². The number of alkyl halides is 3.